The Kier molecular flexibility index (Phi) is 3.00. The predicted molar refractivity (Wildman–Crippen MR) is 65.7 cm³/mol. The number of hydrogen-bond donors (Lipinski definition) is 0. The summed E-state index contributed by atoms with van der Waals surface area (Å²) in [6.45, 7) is 2.62. The van der Waals surface area contributed by atoms with Crippen molar-refractivity contribution in [1.29, 1.82) is 0 Å². The van der Waals surface area contributed by atoms with Crippen LogP contribution >= 0.6 is 38.9 Å². The van der Waals surface area contributed by atoms with Gasteiger partial charge in [-0.15, -0.1) is 11.3 Å². The first-order valence-corrected chi connectivity index (χ1v) is 6.27. The van der Waals surface area contributed by atoms with Crippen LogP contribution in [0.15, 0.2) is 22.0 Å². The molecule has 2 rings (SSSR count). The molecule has 1 heterocycles. The molecule has 1 aromatic heterocycles. The fourth-order valence-corrected chi connectivity index (χ4v) is 3.16. The maximum atomic E-state index is 6.10. The van der Waals surface area contributed by atoms with Crippen LogP contribution in [0.5, 0.6) is 5.75 Å². The van der Waals surface area contributed by atoms with Gasteiger partial charge >= 0.3 is 0 Å². The molecule has 0 saturated carbocycles. The number of fused-ring (bicyclic) bond motifs is 1. The molecule has 0 unspecified atom stereocenters. The van der Waals surface area contributed by atoms with Crippen LogP contribution < -0.4 is 4.74 Å². The summed E-state index contributed by atoms with van der Waals surface area (Å²) in [5.74, 6) is 0.858. The van der Waals surface area contributed by atoms with E-state index in [1.54, 1.807) is 11.3 Å². The second kappa shape index (κ2) is 4.09. The van der Waals surface area contributed by atoms with E-state index in [4.69, 9.17) is 16.3 Å². The van der Waals surface area contributed by atoms with Crippen LogP contribution in [0, 0.1) is 0 Å². The summed E-state index contributed by atoms with van der Waals surface area (Å²) in [6, 6.07) is 3.93. The first-order valence-electron chi connectivity index (χ1n) is 4.22. The zero-order chi connectivity index (χ0) is 10.1. The van der Waals surface area contributed by atoms with Gasteiger partial charge in [0.05, 0.1) is 21.7 Å². The molecule has 0 amide bonds. The van der Waals surface area contributed by atoms with E-state index in [1.165, 1.54) is 0 Å². The summed E-state index contributed by atoms with van der Waals surface area (Å²) in [4.78, 5) is 0. The van der Waals surface area contributed by atoms with Gasteiger partial charge in [-0.05, 0) is 35.0 Å². The topological polar surface area (TPSA) is 9.23 Å². The zero-order valence-corrected chi connectivity index (χ0v) is 10.7. The Hall–Kier alpha value is -0.250. The smallest absolute Gasteiger partial charge is 0.129 e. The van der Waals surface area contributed by atoms with Crippen LogP contribution in [-0.4, -0.2) is 6.61 Å². The van der Waals surface area contributed by atoms with E-state index in [-0.39, 0.29) is 0 Å². The monoisotopic (exact) mass is 290 g/mol. The average Bonchev–Trinajstić information content (AvgIpc) is 2.55. The standard InChI is InChI=1S/C10H8BrClOS/c1-2-13-8-4-3-6(11)10-9(8)7(12)5-14-10/h3-5H,2H2,1H3. The largest absolute Gasteiger partial charge is 0.493 e. The number of halogens is 2. The van der Waals surface area contributed by atoms with E-state index in [1.807, 2.05) is 24.4 Å². The summed E-state index contributed by atoms with van der Waals surface area (Å²) in [5, 5.41) is 3.70. The molecule has 4 heteroatoms. The van der Waals surface area contributed by atoms with Crippen molar-refractivity contribution in [2.24, 2.45) is 0 Å². The summed E-state index contributed by atoms with van der Waals surface area (Å²) in [6.07, 6.45) is 0. The van der Waals surface area contributed by atoms with Gasteiger partial charge in [-0.3, -0.25) is 0 Å². The minimum atomic E-state index is 0.656. The molecule has 0 aliphatic carbocycles. The summed E-state index contributed by atoms with van der Waals surface area (Å²) >= 11 is 11.2. The predicted octanol–water partition coefficient (Wildman–Crippen LogP) is 4.72. The number of benzene rings is 1. The van der Waals surface area contributed by atoms with Gasteiger partial charge in [-0.1, -0.05) is 11.6 Å². The van der Waals surface area contributed by atoms with E-state index in [0.29, 0.717) is 6.61 Å². The normalized spacial score (nSPS) is 10.8. The Bertz CT molecular complexity index is 466. The molecule has 0 spiro atoms. The highest BCUT2D eigenvalue weighted by molar-refractivity contribution is 9.10. The van der Waals surface area contributed by atoms with Crippen molar-refractivity contribution in [3.8, 4) is 5.75 Å². The van der Waals surface area contributed by atoms with Crippen molar-refractivity contribution < 1.29 is 4.74 Å². The Balaban J connectivity index is 2.72. The Labute approximate surface area is 99.8 Å². The fraction of sp³-hybridized carbons (Fsp3) is 0.200. The van der Waals surface area contributed by atoms with Gasteiger partial charge in [0.25, 0.3) is 0 Å². The lowest BCUT2D eigenvalue weighted by atomic mass is 10.2. The number of hydrogen-bond acceptors (Lipinski definition) is 2. The third kappa shape index (κ3) is 1.64. The highest BCUT2D eigenvalue weighted by Gasteiger charge is 2.10. The lowest BCUT2D eigenvalue weighted by Crippen LogP contribution is -1.91. The lowest BCUT2D eigenvalue weighted by Gasteiger charge is -2.05. The first-order chi connectivity index (χ1) is 6.74. The van der Waals surface area contributed by atoms with Crippen molar-refractivity contribution in [3.05, 3.63) is 27.0 Å². The van der Waals surface area contributed by atoms with Crippen LogP contribution in [0.1, 0.15) is 6.92 Å². The fourth-order valence-electron chi connectivity index (χ4n) is 1.33. The van der Waals surface area contributed by atoms with Crippen LogP contribution in [0.25, 0.3) is 10.1 Å². The number of thiophene rings is 1. The molecule has 0 fully saturated rings. The molecule has 0 aliphatic heterocycles. The van der Waals surface area contributed by atoms with Gasteiger partial charge in [-0.2, -0.15) is 0 Å². The molecule has 0 saturated heterocycles. The molecule has 0 N–H and O–H groups in total. The van der Waals surface area contributed by atoms with E-state index in [0.717, 1.165) is 25.3 Å². The van der Waals surface area contributed by atoms with Gasteiger partial charge in [0, 0.05) is 9.85 Å². The third-order valence-corrected chi connectivity index (χ3v) is 4.25. The molecular weight excluding hydrogens is 284 g/mol. The lowest BCUT2D eigenvalue weighted by molar-refractivity contribution is 0.344. The van der Waals surface area contributed by atoms with Crippen LogP contribution in [-0.2, 0) is 0 Å². The quantitative estimate of drug-likeness (QED) is 0.778. The van der Waals surface area contributed by atoms with Gasteiger partial charge in [-0.25, -0.2) is 0 Å². The second-order valence-electron chi connectivity index (χ2n) is 2.77. The molecule has 0 radical (unpaired) electrons. The Morgan fingerprint density at radius 2 is 2.29 bits per heavy atom. The molecule has 1 aromatic carbocycles. The minimum absolute atomic E-state index is 0.656. The van der Waals surface area contributed by atoms with Gasteiger partial charge in [0.2, 0.25) is 0 Å². The highest BCUT2D eigenvalue weighted by Crippen LogP contribution is 2.40. The molecule has 14 heavy (non-hydrogen) atoms. The number of rotatable bonds is 2. The molecule has 1 nitrogen and oxygen atoms in total. The highest BCUT2D eigenvalue weighted by atomic mass is 79.9. The van der Waals surface area contributed by atoms with E-state index in [2.05, 4.69) is 15.9 Å². The molecule has 0 aliphatic rings. The average molecular weight is 292 g/mol. The Morgan fingerprint density at radius 3 is 3.00 bits per heavy atom. The van der Waals surface area contributed by atoms with Crippen molar-refractivity contribution in [2.45, 2.75) is 6.92 Å². The van der Waals surface area contributed by atoms with Crippen molar-refractivity contribution in [1.82, 2.24) is 0 Å². The number of ether oxygens (including phenoxy) is 1. The summed E-state index contributed by atoms with van der Waals surface area (Å²) < 4.78 is 7.72. The molecule has 2 aromatic rings. The maximum absolute atomic E-state index is 6.10. The minimum Gasteiger partial charge on any atom is -0.493 e. The first kappa shape index (κ1) is 10.3. The van der Waals surface area contributed by atoms with Gasteiger partial charge in [0.15, 0.2) is 0 Å². The molecule has 74 valence electrons. The summed E-state index contributed by atoms with van der Waals surface area (Å²) in [5.41, 5.74) is 0. The van der Waals surface area contributed by atoms with Crippen molar-refractivity contribution >= 4 is 49.0 Å². The SMILES string of the molecule is CCOc1ccc(Br)c2scc(Cl)c12. The second-order valence-corrected chi connectivity index (χ2v) is 4.91. The summed E-state index contributed by atoms with van der Waals surface area (Å²) in [7, 11) is 0. The molecule has 0 atom stereocenters. The van der Waals surface area contributed by atoms with E-state index < -0.39 is 0 Å². The van der Waals surface area contributed by atoms with Crippen molar-refractivity contribution in [3.63, 3.8) is 0 Å². The van der Waals surface area contributed by atoms with Crippen LogP contribution in [0.3, 0.4) is 0 Å². The van der Waals surface area contributed by atoms with E-state index in [9.17, 15) is 0 Å². The van der Waals surface area contributed by atoms with Gasteiger partial charge in [0.1, 0.15) is 5.75 Å². The maximum Gasteiger partial charge on any atom is 0.129 e. The Morgan fingerprint density at radius 1 is 1.50 bits per heavy atom. The molecule has 0 bridgehead atoms. The van der Waals surface area contributed by atoms with Gasteiger partial charge < -0.3 is 4.74 Å². The van der Waals surface area contributed by atoms with Crippen LogP contribution in [0.2, 0.25) is 5.02 Å². The van der Waals surface area contributed by atoms with Crippen LogP contribution in [0.4, 0.5) is 0 Å². The van der Waals surface area contributed by atoms with E-state index >= 15 is 0 Å². The van der Waals surface area contributed by atoms with Crippen molar-refractivity contribution in [2.75, 3.05) is 6.61 Å². The molecular formula is C10H8BrClOS. The zero-order valence-electron chi connectivity index (χ0n) is 7.51. The third-order valence-electron chi connectivity index (χ3n) is 1.89.